The van der Waals surface area contributed by atoms with Crippen molar-refractivity contribution in [1.82, 2.24) is 5.32 Å². The van der Waals surface area contributed by atoms with Gasteiger partial charge in [0.05, 0.1) is 4.90 Å². The molecule has 1 aliphatic heterocycles. The fourth-order valence-electron chi connectivity index (χ4n) is 1.55. The van der Waals surface area contributed by atoms with Gasteiger partial charge in [-0.1, -0.05) is 6.07 Å². The molecule has 0 bridgehead atoms. The minimum Gasteiger partial charge on any atom is -0.336 e. The molecule has 2 rings (SSSR count). The van der Waals surface area contributed by atoms with Crippen molar-refractivity contribution < 1.29 is 13.2 Å². The molecule has 0 aliphatic carbocycles. The number of nitrogens with two attached hydrogens (primary N) is 1. The molecule has 1 aromatic carbocycles. The van der Waals surface area contributed by atoms with Gasteiger partial charge in [0.2, 0.25) is 10.0 Å². The second-order valence-electron chi connectivity index (χ2n) is 3.43. The van der Waals surface area contributed by atoms with Crippen molar-refractivity contribution in [2.75, 3.05) is 18.0 Å². The van der Waals surface area contributed by atoms with E-state index in [0.29, 0.717) is 18.8 Å². The number of amides is 2. The fourth-order valence-corrected chi connectivity index (χ4v) is 2.10. The number of nitrogens with one attached hydrogen (secondary N) is 1. The van der Waals surface area contributed by atoms with Gasteiger partial charge >= 0.3 is 6.03 Å². The fraction of sp³-hybridized carbons (Fsp3) is 0.222. The molecule has 0 radical (unpaired) electrons. The average molecular weight is 241 g/mol. The molecule has 6 nitrogen and oxygen atoms in total. The van der Waals surface area contributed by atoms with Gasteiger partial charge in [0.15, 0.2) is 0 Å². The van der Waals surface area contributed by atoms with Gasteiger partial charge in [-0.2, -0.15) is 0 Å². The molecule has 1 fully saturated rings. The summed E-state index contributed by atoms with van der Waals surface area (Å²) in [6.45, 7) is 1.07. The molecule has 86 valence electrons. The van der Waals surface area contributed by atoms with Crippen LogP contribution in [-0.4, -0.2) is 27.5 Å². The summed E-state index contributed by atoms with van der Waals surface area (Å²) in [5.41, 5.74) is 0.529. The Morgan fingerprint density at radius 3 is 2.69 bits per heavy atom. The molecule has 1 heterocycles. The van der Waals surface area contributed by atoms with E-state index in [1.807, 2.05) is 0 Å². The van der Waals surface area contributed by atoms with Crippen LogP contribution in [0.5, 0.6) is 0 Å². The Morgan fingerprint density at radius 1 is 1.38 bits per heavy atom. The quantitative estimate of drug-likeness (QED) is 0.755. The van der Waals surface area contributed by atoms with Crippen molar-refractivity contribution in [2.45, 2.75) is 4.90 Å². The number of rotatable bonds is 2. The lowest BCUT2D eigenvalue weighted by Gasteiger charge is -2.14. The molecule has 0 saturated carbocycles. The van der Waals surface area contributed by atoms with Crippen LogP contribution in [0.15, 0.2) is 29.2 Å². The van der Waals surface area contributed by atoms with Gasteiger partial charge in [-0.25, -0.2) is 18.4 Å². The number of urea groups is 1. The number of hydrogen-bond acceptors (Lipinski definition) is 3. The number of nitrogens with zero attached hydrogens (tertiary/aromatic N) is 1. The summed E-state index contributed by atoms with van der Waals surface area (Å²) < 4.78 is 22.3. The lowest BCUT2D eigenvalue weighted by molar-refractivity contribution is 0.252. The van der Waals surface area contributed by atoms with Gasteiger partial charge in [0, 0.05) is 18.8 Å². The van der Waals surface area contributed by atoms with E-state index in [1.165, 1.54) is 17.0 Å². The maximum Gasteiger partial charge on any atom is 0.321 e. The Kier molecular flexibility index (Phi) is 2.56. The molecule has 0 aromatic heterocycles. The van der Waals surface area contributed by atoms with Crippen LogP contribution in [0.1, 0.15) is 0 Å². The minimum absolute atomic E-state index is 0.00435. The van der Waals surface area contributed by atoms with Crippen LogP contribution < -0.4 is 15.4 Å². The highest BCUT2D eigenvalue weighted by atomic mass is 32.2. The van der Waals surface area contributed by atoms with Crippen LogP contribution >= 0.6 is 0 Å². The smallest absolute Gasteiger partial charge is 0.321 e. The molecule has 1 saturated heterocycles. The maximum atomic E-state index is 11.4. The normalized spacial score (nSPS) is 16.3. The van der Waals surface area contributed by atoms with Crippen LogP contribution in [0, 0.1) is 0 Å². The standard InChI is InChI=1S/C9H11N3O3S/c10-16(14,15)8-3-1-2-7(6-8)12-5-4-11-9(12)13/h1-3,6H,4-5H2,(H,11,13)(H2,10,14,15). The monoisotopic (exact) mass is 241 g/mol. The summed E-state index contributed by atoms with van der Waals surface area (Å²) in [6.07, 6.45) is 0. The van der Waals surface area contributed by atoms with E-state index in [1.54, 1.807) is 12.1 Å². The first-order chi connectivity index (χ1) is 7.48. The minimum atomic E-state index is -3.73. The molecule has 16 heavy (non-hydrogen) atoms. The Balaban J connectivity index is 2.40. The highest BCUT2D eigenvalue weighted by molar-refractivity contribution is 7.89. The Bertz CT molecular complexity index is 527. The summed E-state index contributed by atoms with van der Waals surface area (Å²) in [5.74, 6) is 0. The summed E-state index contributed by atoms with van der Waals surface area (Å²) >= 11 is 0. The third kappa shape index (κ3) is 2.00. The summed E-state index contributed by atoms with van der Waals surface area (Å²) in [4.78, 5) is 12.8. The molecular formula is C9H11N3O3S. The zero-order chi connectivity index (χ0) is 11.8. The highest BCUT2D eigenvalue weighted by Gasteiger charge is 2.22. The van der Waals surface area contributed by atoms with Crippen molar-refractivity contribution in [3.8, 4) is 0 Å². The number of carbonyl (C=O) groups is 1. The first-order valence-electron chi connectivity index (χ1n) is 4.67. The van der Waals surface area contributed by atoms with Crippen molar-refractivity contribution in [3.05, 3.63) is 24.3 Å². The first-order valence-corrected chi connectivity index (χ1v) is 6.21. The topological polar surface area (TPSA) is 92.5 Å². The molecule has 0 spiro atoms. The predicted octanol–water partition coefficient (Wildman–Crippen LogP) is -0.136. The van der Waals surface area contributed by atoms with E-state index < -0.39 is 10.0 Å². The van der Waals surface area contributed by atoms with Crippen LogP contribution in [-0.2, 0) is 10.0 Å². The predicted molar refractivity (Wildman–Crippen MR) is 58.6 cm³/mol. The van der Waals surface area contributed by atoms with Gasteiger partial charge < -0.3 is 5.32 Å². The largest absolute Gasteiger partial charge is 0.336 e. The second kappa shape index (κ2) is 3.76. The van der Waals surface area contributed by atoms with Crippen LogP contribution in [0.2, 0.25) is 0 Å². The summed E-state index contributed by atoms with van der Waals surface area (Å²) in [7, 11) is -3.73. The number of carbonyl (C=O) groups excluding carboxylic acids is 1. The third-order valence-electron chi connectivity index (χ3n) is 2.31. The first kappa shape index (κ1) is 10.9. The van der Waals surface area contributed by atoms with Crippen molar-refractivity contribution in [2.24, 2.45) is 5.14 Å². The lowest BCUT2D eigenvalue weighted by Crippen LogP contribution is -2.27. The summed E-state index contributed by atoms with van der Waals surface area (Å²) in [6, 6.07) is 5.78. The SMILES string of the molecule is NS(=O)(=O)c1cccc(N2CCNC2=O)c1. The molecule has 2 amide bonds. The Labute approximate surface area is 93.1 Å². The average Bonchev–Trinajstić information content (AvgIpc) is 2.63. The Hall–Kier alpha value is -1.60. The van der Waals surface area contributed by atoms with E-state index in [4.69, 9.17) is 5.14 Å². The Morgan fingerprint density at radius 2 is 2.12 bits per heavy atom. The molecule has 1 aromatic rings. The van der Waals surface area contributed by atoms with E-state index in [-0.39, 0.29) is 10.9 Å². The van der Waals surface area contributed by atoms with Gasteiger partial charge in [0.1, 0.15) is 0 Å². The van der Waals surface area contributed by atoms with Gasteiger partial charge in [-0.3, -0.25) is 4.90 Å². The zero-order valence-corrected chi connectivity index (χ0v) is 9.20. The van der Waals surface area contributed by atoms with E-state index >= 15 is 0 Å². The number of hydrogen-bond donors (Lipinski definition) is 2. The molecule has 7 heteroatoms. The van der Waals surface area contributed by atoms with Crippen LogP contribution in [0.4, 0.5) is 10.5 Å². The van der Waals surface area contributed by atoms with Crippen LogP contribution in [0.3, 0.4) is 0 Å². The van der Waals surface area contributed by atoms with Crippen molar-refractivity contribution in [1.29, 1.82) is 0 Å². The van der Waals surface area contributed by atoms with E-state index in [9.17, 15) is 13.2 Å². The van der Waals surface area contributed by atoms with Crippen LogP contribution in [0.25, 0.3) is 0 Å². The van der Waals surface area contributed by atoms with E-state index in [2.05, 4.69) is 5.32 Å². The second-order valence-corrected chi connectivity index (χ2v) is 4.99. The van der Waals surface area contributed by atoms with E-state index in [0.717, 1.165) is 0 Å². The number of primary sulfonamides is 1. The van der Waals surface area contributed by atoms with Gasteiger partial charge in [-0.05, 0) is 18.2 Å². The molecule has 1 aliphatic rings. The van der Waals surface area contributed by atoms with Crippen molar-refractivity contribution >= 4 is 21.7 Å². The third-order valence-corrected chi connectivity index (χ3v) is 3.23. The molecule has 0 atom stereocenters. The highest BCUT2D eigenvalue weighted by Crippen LogP contribution is 2.19. The molecule has 0 unspecified atom stereocenters. The zero-order valence-electron chi connectivity index (χ0n) is 8.38. The molecular weight excluding hydrogens is 230 g/mol. The number of sulfonamides is 1. The summed E-state index contributed by atoms with van der Waals surface area (Å²) in [5, 5.41) is 7.64. The molecule has 3 N–H and O–H groups in total. The maximum absolute atomic E-state index is 11.4. The van der Waals surface area contributed by atoms with Crippen molar-refractivity contribution in [3.63, 3.8) is 0 Å². The van der Waals surface area contributed by atoms with Gasteiger partial charge in [0.25, 0.3) is 0 Å². The number of anilines is 1. The lowest BCUT2D eigenvalue weighted by atomic mass is 10.3. The number of benzene rings is 1. The van der Waals surface area contributed by atoms with Gasteiger partial charge in [-0.15, -0.1) is 0 Å².